The van der Waals surface area contributed by atoms with E-state index in [2.05, 4.69) is 17.2 Å². The summed E-state index contributed by atoms with van der Waals surface area (Å²) in [6, 6.07) is 9.68. The molecule has 0 amide bonds. The summed E-state index contributed by atoms with van der Waals surface area (Å²) in [5, 5.41) is 4.02. The van der Waals surface area contributed by atoms with Gasteiger partial charge in [-0.25, -0.2) is 0 Å². The van der Waals surface area contributed by atoms with Gasteiger partial charge in [-0.15, -0.1) is 0 Å². The van der Waals surface area contributed by atoms with E-state index < -0.39 is 0 Å². The third-order valence-corrected chi connectivity index (χ3v) is 3.16. The molecular formula is C16H19ClN2O. The number of aryl methyl sites for hydroxylation is 1. The van der Waals surface area contributed by atoms with Crippen LogP contribution >= 0.6 is 11.6 Å². The van der Waals surface area contributed by atoms with Gasteiger partial charge in [-0.05, 0) is 31.2 Å². The van der Waals surface area contributed by atoms with Gasteiger partial charge in [-0.2, -0.15) is 0 Å². The highest BCUT2D eigenvalue weighted by Crippen LogP contribution is 2.20. The van der Waals surface area contributed by atoms with E-state index in [1.54, 1.807) is 0 Å². The molecule has 1 N–H and O–H groups in total. The maximum Gasteiger partial charge on any atom is 0.127 e. The standard InChI is InChI=1S/C16H19ClN2O/c1-3-18-9-14-10-19-12(2)7-16(14)20-11-13-5-4-6-15(17)8-13/h4-8,10,18H,3,9,11H2,1-2H3. The SMILES string of the molecule is CCNCc1cnc(C)cc1OCc1cccc(Cl)c1. The minimum Gasteiger partial charge on any atom is -0.488 e. The highest BCUT2D eigenvalue weighted by Gasteiger charge is 2.05. The van der Waals surface area contributed by atoms with Gasteiger partial charge in [0.1, 0.15) is 12.4 Å². The molecule has 0 aliphatic heterocycles. The van der Waals surface area contributed by atoms with Crippen molar-refractivity contribution in [1.82, 2.24) is 10.3 Å². The molecule has 0 saturated heterocycles. The van der Waals surface area contributed by atoms with Crippen LogP contribution in [0.2, 0.25) is 5.02 Å². The van der Waals surface area contributed by atoms with E-state index in [0.717, 1.165) is 40.7 Å². The van der Waals surface area contributed by atoms with E-state index >= 15 is 0 Å². The molecule has 0 unspecified atom stereocenters. The van der Waals surface area contributed by atoms with Crippen LogP contribution in [-0.2, 0) is 13.2 Å². The molecule has 2 aromatic rings. The van der Waals surface area contributed by atoms with Gasteiger partial charge < -0.3 is 10.1 Å². The van der Waals surface area contributed by atoms with Crippen LogP contribution in [0, 0.1) is 6.92 Å². The van der Waals surface area contributed by atoms with Crippen molar-refractivity contribution >= 4 is 11.6 Å². The molecule has 20 heavy (non-hydrogen) atoms. The second kappa shape index (κ2) is 7.27. The zero-order valence-corrected chi connectivity index (χ0v) is 12.6. The summed E-state index contributed by atoms with van der Waals surface area (Å²) < 4.78 is 5.92. The molecule has 1 aromatic heterocycles. The van der Waals surface area contributed by atoms with E-state index in [1.165, 1.54) is 0 Å². The zero-order chi connectivity index (χ0) is 14.4. The fraction of sp³-hybridized carbons (Fsp3) is 0.312. The van der Waals surface area contributed by atoms with Gasteiger partial charge in [0.25, 0.3) is 0 Å². The van der Waals surface area contributed by atoms with Crippen molar-refractivity contribution in [3.05, 3.63) is 58.4 Å². The molecule has 2 rings (SSSR count). The number of hydrogen-bond donors (Lipinski definition) is 1. The molecule has 0 radical (unpaired) electrons. The Kier molecular flexibility index (Phi) is 5.39. The first-order valence-electron chi connectivity index (χ1n) is 6.72. The first kappa shape index (κ1) is 14.8. The topological polar surface area (TPSA) is 34.2 Å². The fourth-order valence-corrected chi connectivity index (χ4v) is 2.09. The highest BCUT2D eigenvalue weighted by atomic mass is 35.5. The number of nitrogens with zero attached hydrogens (tertiary/aromatic N) is 1. The number of benzene rings is 1. The maximum atomic E-state index is 5.98. The van der Waals surface area contributed by atoms with Crippen LogP contribution in [0.5, 0.6) is 5.75 Å². The van der Waals surface area contributed by atoms with E-state index in [-0.39, 0.29) is 0 Å². The summed E-state index contributed by atoms with van der Waals surface area (Å²) in [6.07, 6.45) is 1.87. The Hall–Kier alpha value is -1.58. The lowest BCUT2D eigenvalue weighted by atomic mass is 10.2. The Labute approximate surface area is 124 Å². The third-order valence-electron chi connectivity index (χ3n) is 2.93. The molecule has 1 aromatic carbocycles. The van der Waals surface area contributed by atoms with E-state index in [0.29, 0.717) is 6.61 Å². The Morgan fingerprint density at radius 3 is 2.90 bits per heavy atom. The first-order chi connectivity index (χ1) is 9.69. The van der Waals surface area contributed by atoms with E-state index in [1.807, 2.05) is 43.5 Å². The van der Waals surface area contributed by atoms with Gasteiger partial charge in [0.05, 0.1) is 0 Å². The van der Waals surface area contributed by atoms with Crippen LogP contribution in [0.3, 0.4) is 0 Å². The van der Waals surface area contributed by atoms with Gasteiger partial charge in [-0.3, -0.25) is 4.98 Å². The van der Waals surface area contributed by atoms with Gasteiger partial charge in [0.2, 0.25) is 0 Å². The maximum absolute atomic E-state index is 5.98. The average Bonchev–Trinajstić information content (AvgIpc) is 2.44. The minimum absolute atomic E-state index is 0.503. The average molecular weight is 291 g/mol. The second-order valence-corrected chi connectivity index (χ2v) is 5.07. The molecule has 0 bridgehead atoms. The van der Waals surface area contributed by atoms with Crippen molar-refractivity contribution in [3.63, 3.8) is 0 Å². The summed E-state index contributed by atoms with van der Waals surface area (Å²) in [5.41, 5.74) is 3.08. The smallest absolute Gasteiger partial charge is 0.127 e. The number of hydrogen-bond acceptors (Lipinski definition) is 3. The Balaban J connectivity index is 2.09. The van der Waals surface area contributed by atoms with E-state index in [4.69, 9.17) is 16.3 Å². The predicted molar refractivity (Wildman–Crippen MR) is 82.1 cm³/mol. The van der Waals surface area contributed by atoms with Crippen LogP contribution in [-0.4, -0.2) is 11.5 Å². The molecule has 4 heteroatoms. The largest absolute Gasteiger partial charge is 0.488 e. The molecule has 0 saturated carbocycles. The minimum atomic E-state index is 0.503. The van der Waals surface area contributed by atoms with Crippen LogP contribution in [0.1, 0.15) is 23.7 Å². The number of pyridine rings is 1. The predicted octanol–water partition coefficient (Wildman–Crippen LogP) is 3.73. The summed E-state index contributed by atoms with van der Waals surface area (Å²) in [7, 11) is 0. The van der Waals surface area contributed by atoms with Gasteiger partial charge >= 0.3 is 0 Å². The normalized spacial score (nSPS) is 10.6. The number of rotatable bonds is 6. The summed E-state index contributed by atoms with van der Waals surface area (Å²) in [6.45, 7) is 6.22. The third kappa shape index (κ3) is 4.22. The molecular weight excluding hydrogens is 272 g/mol. The number of nitrogens with one attached hydrogen (secondary N) is 1. The van der Waals surface area contributed by atoms with Gasteiger partial charge in [-0.1, -0.05) is 30.7 Å². The van der Waals surface area contributed by atoms with Crippen molar-refractivity contribution in [2.24, 2.45) is 0 Å². The van der Waals surface area contributed by atoms with Crippen molar-refractivity contribution < 1.29 is 4.74 Å². The number of halogens is 1. The highest BCUT2D eigenvalue weighted by molar-refractivity contribution is 6.30. The summed E-state index contributed by atoms with van der Waals surface area (Å²) in [4.78, 5) is 4.32. The molecule has 106 valence electrons. The molecule has 1 heterocycles. The molecule has 0 spiro atoms. The summed E-state index contributed by atoms with van der Waals surface area (Å²) in [5.74, 6) is 0.874. The number of ether oxygens (including phenoxy) is 1. The van der Waals surface area contributed by atoms with Crippen LogP contribution in [0.15, 0.2) is 36.5 Å². The van der Waals surface area contributed by atoms with Crippen LogP contribution in [0.4, 0.5) is 0 Å². The Morgan fingerprint density at radius 2 is 2.15 bits per heavy atom. The lowest BCUT2D eigenvalue weighted by Crippen LogP contribution is -2.13. The molecule has 0 aliphatic rings. The molecule has 0 atom stereocenters. The lowest BCUT2D eigenvalue weighted by molar-refractivity contribution is 0.301. The first-order valence-corrected chi connectivity index (χ1v) is 7.10. The van der Waals surface area contributed by atoms with Crippen LogP contribution < -0.4 is 10.1 Å². The van der Waals surface area contributed by atoms with E-state index in [9.17, 15) is 0 Å². The van der Waals surface area contributed by atoms with Crippen molar-refractivity contribution in [3.8, 4) is 5.75 Å². The van der Waals surface area contributed by atoms with Gasteiger partial charge in [0.15, 0.2) is 0 Å². The molecule has 0 aliphatic carbocycles. The summed E-state index contributed by atoms with van der Waals surface area (Å²) >= 11 is 5.98. The van der Waals surface area contributed by atoms with Crippen molar-refractivity contribution in [2.45, 2.75) is 27.0 Å². The van der Waals surface area contributed by atoms with Crippen molar-refractivity contribution in [2.75, 3.05) is 6.54 Å². The molecule has 3 nitrogen and oxygen atoms in total. The van der Waals surface area contributed by atoms with Gasteiger partial charge in [0, 0.05) is 35.1 Å². The Bertz CT molecular complexity index is 572. The van der Waals surface area contributed by atoms with Crippen molar-refractivity contribution in [1.29, 1.82) is 0 Å². The monoisotopic (exact) mass is 290 g/mol. The zero-order valence-electron chi connectivity index (χ0n) is 11.8. The number of aromatic nitrogens is 1. The second-order valence-electron chi connectivity index (χ2n) is 4.63. The van der Waals surface area contributed by atoms with Crippen LogP contribution in [0.25, 0.3) is 0 Å². The molecule has 0 fully saturated rings. The quantitative estimate of drug-likeness (QED) is 0.880. The Morgan fingerprint density at radius 1 is 1.30 bits per heavy atom. The lowest BCUT2D eigenvalue weighted by Gasteiger charge is -2.12. The fourth-order valence-electron chi connectivity index (χ4n) is 1.88.